The summed E-state index contributed by atoms with van der Waals surface area (Å²) in [5.74, 6) is -0.388. The van der Waals surface area contributed by atoms with Crippen molar-refractivity contribution in [1.82, 2.24) is 4.90 Å². The van der Waals surface area contributed by atoms with Crippen LogP contribution in [-0.4, -0.2) is 51.4 Å². The molecule has 3 aromatic carbocycles. The molecule has 1 saturated heterocycles. The van der Waals surface area contributed by atoms with Gasteiger partial charge in [-0.15, -0.1) is 0 Å². The number of carbonyl (C=O) groups is 2. The number of benzene rings is 3. The molecule has 0 unspecified atom stereocenters. The van der Waals surface area contributed by atoms with Crippen LogP contribution in [0.3, 0.4) is 0 Å². The summed E-state index contributed by atoms with van der Waals surface area (Å²) in [4.78, 5) is 28.2. The first-order chi connectivity index (χ1) is 17.8. The zero-order chi connectivity index (χ0) is 26.4. The number of ether oxygens (including phenoxy) is 1. The van der Waals surface area contributed by atoms with Gasteiger partial charge < -0.3 is 15.0 Å². The summed E-state index contributed by atoms with van der Waals surface area (Å²) in [5.41, 5.74) is 1.88. The topological polar surface area (TPSA) is 96.0 Å². The molecule has 0 radical (unpaired) electrons. The lowest BCUT2D eigenvalue weighted by Crippen LogP contribution is -2.38. The Hall–Kier alpha value is -3.85. The molecule has 1 aliphatic rings. The van der Waals surface area contributed by atoms with Gasteiger partial charge in [-0.1, -0.05) is 42.0 Å². The fourth-order valence-corrected chi connectivity index (χ4v) is 5.70. The molecule has 0 spiro atoms. The Morgan fingerprint density at radius 1 is 0.946 bits per heavy atom. The fraction of sp³-hybridized carbons (Fsp3) is 0.286. The molecule has 1 fully saturated rings. The van der Waals surface area contributed by atoms with Crippen LogP contribution in [0.15, 0.2) is 77.7 Å². The van der Waals surface area contributed by atoms with Gasteiger partial charge in [0, 0.05) is 13.1 Å². The van der Waals surface area contributed by atoms with Crippen LogP contribution in [0.2, 0.25) is 0 Å². The van der Waals surface area contributed by atoms with Crippen LogP contribution in [0.25, 0.3) is 0 Å². The molecule has 9 heteroatoms. The third-order valence-electron chi connectivity index (χ3n) is 6.15. The highest BCUT2D eigenvalue weighted by Crippen LogP contribution is 2.33. The molecule has 8 nitrogen and oxygen atoms in total. The molecule has 1 N–H and O–H groups in total. The molecular formula is C28H31N3O5S. The smallest absolute Gasteiger partial charge is 0.264 e. The number of amides is 2. The summed E-state index contributed by atoms with van der Waals surface area (Å²) in [6, 6.07) is 19.9. The third-order valence-corrected chi connectivity index (χ3v) is 7.93. The number of rotatable bonds is 9. The monoisotopic (exact) mass is 521 g/mol. The summed E-state index contributed by atoms with van der Waals surface area (Å²) < 4.78 is 34.3. The van der Waals surface area contributed by atoms with E-state index in [4.69, 9.17) is 4.74 Å². The maximum Gasteiger partial charge on any atom is 0.264 e. The molecule has 0 aromatic heterocycles. The average Bonchev–Trinajstić information content (AvgIpc) is 3.43. The average molecular weight is 522 g/mol. The Labute approximate surface area is 217 Å². The maximum absolute atomic E-state index is 13.8. The zero-order valence-corrected chi connectivity index (χ0v) is 21.8. The zero-order valence-electron chi connectivity index (χ0n) is 21.0. The maximum atomic E-state index is 13.8. The van der Waals surface area contributed by atoms with Crippen molar-refractivity contribution < 1.29 is 22.7 Å². The van der Waals surface area contributed by atoms with Crippen molar-refractivity contribution in [2.24, 2.45) is 0 Å². The number of carbonyl (C=O) groups excluding carboxylic acids is 2. The molecular weight excluding hydrogens is 490 g/mol. The highest BCUT2D eigenvalue weighted by atomic mass is 32.2. The Kier molecular flexibility index (Phi) is 8.13. The van der Waals surface area contributed by atoms with Crippen LogP contribution < -0.4 is 14.4 Å². The van der Waals surface area contributed by atoms with Crippen LogP contribution in [-0.2, 0) is 14.8 Å². The van der Waals surface area contributed by atoms with Gasteiger partial charge in [-0.2, -0.15) is 0 Å². The lowest BCUT2D eigenvalue weighted by atomic mass is 10.1. The number of sulfonamides is 1. The second-order valence-electron chi connectivity index (χ2n) is 8.82. The quantitative estimate of drug-likeness (QED) is 0.448. The highest BCUT2D eigenvalue weighted by molar-refractivity contribution is 7.92. The second-order valence-corrected chi connectivity index (χ2v) is 10.7. The van der Waals surface area contributed by atoms with E-state index in [-0.39, 0.29) is 16.5 Å². The first-order valence-electron chi connectivity index (χ1n) is 12.3. The van der Waals surface area contributed by atoms with Crippen molar-refractivity contribution in [1.29, 1.82) is 0 Å². The number of anilines is 2. The van der Waals surface area contributed by atoms with Crippen molar-refractivity contribution in [3.05, 3.63) is 83.9 Å². The van der Waals surface area contributed by atoms with Crippen molar-refractivity contribution in [3.63, 3.8) is 0 Å². The fourth-order valence-electron chi connectivity index (χ4n) is 4.27. The first kappa shape index (κ1) is 26.2. The summed E-state index contributed by atoms with van der Waals surface area (Å²) in [7, 11) is -4.12. The van der Waals surface area contributed by atoms with Gasteiger partial charge in [0.25, 0.3) is 15.9 Å². The molecule has 0 saturated carbocycles. The molecule has 0 aliphatic carbocycles. The van der Waals surface area contributed by atoms with E-state index in [1.165, 1.54) is 12.1 Å². The number of likely N-dealkylation sites (tertiary alicyclic amines) is 1. The molecule has 1 heterocycles. The lowest BCUT2D eigenvalue weighted by Gasteiger charge is -2.26. The largest absolute Gasteiger partial charge is 0.492 e. The van der Waals surface area contributed by atoms with E-state index in [0.29, 0.717) is 36.7 Å². The van der Waals surface area contributed by atoms with E-state index in [0.717, 1.165) is 22.7 Å². The molecule has 2 amide bonds. The highest BCUT2D eigenvalue weighted by Gasteiger charge is 2.30. The minimum atomic E-state index is -4.12. The molecule has 1 aliphatic heterocycles. The van der Waals surface area contributed by atoms with E-state index in [9.17, 15) is 18.0 Å². The molecule has 0 atom stereocenters. The van der Waals surface area contributed by atoms with E-state index in [1.807, 2.05) is 6.92 Å². The predicted octanol–water partition coefficient (Wildman–Crippen LogP) is 4.46. The van der Waals surface area contributed by atoms with Crippen LogP contribution >= 0.6 is 0 Å². The SMILES string of the molecule is CCOc1ccccc1N(CC(=O)Nc1ccccc1C(=O)N1CCCC1)S(=O)(=O)c1ccc(C)cc1. The van der Waals surface area contributed by atoms with Gasteiger partial charge in [-0.25, -0.2) is 8.42 Å². The van der Waals surface area contributed by atoms with Crippen molar-refractivity contribution in [2.75, 3.05) is 35.9 Å². The lowest BCUT2D eigenvalue weighted by molar-refractivity contribution is -0.114. The summed E-state index contributed by atoms with van der Waals surface area (Å²) >= 11 is 0. The van der Waals surface area contributed by atoms with Crippen LogP contribution in [0.4, 0.5) is 11.4 Å². The Morgan fingerprint density at radius 3 is 2.30 bits per heavy atom. The van der Waals surface area contributed by atoms with Gasteiger partial charge in [-0.3, -0.25) is 13.9 Å². The standard InChI is InChI=1S/C28H31N3O5S/c1-3-36-26-13-7-6-12-25(26)31(37(34,35)22-16-14-21(2)15-17-22)20-27(32)29-24-11-5-4-10-23(24)28(33)30-18-8-9-19-30/h4-7,10-17H,3,8-9,18-20H2,1-2H3,(H,29,32). The van der Waals surface area contributed by atoms with Gasteiger partial charge in [-0.05, 0) is 63.1 Å². The number of hydrogen-bond donors (Lipinski definition) is 1. The number of nitrogens with one attached hydrogen (secondary N) is 1. The minimum absolute atomic E-state index is 0.0572. The van der Waals surface area contributed by atoms with Gasteiger partial charge in [0.1, 0.15) is 12.3 Å². The Morgan fingerprint density at radius 2 is 1.59 bits per heavy atom. The molecule has 37 heavy (non-hydrogen) atoms. The normalized spacial score (nSPS) is 13.3. The summed E-state index contributed by atoms with van der Waals surface area (Å²) in [6.45, 7) is 4.85. The second kappa shape index (κ2) is 11.5. The van der Waals surface area contributed by atoms with E-state index in [2.05, 4.69) is 5.32 Å². The van der Waals surface area contributed by atoms with Crippen LogP contribution in [0, 0.1) is 6.92 Å². The van der Waals surface area contributed by atoms with Gasteiger partial charge in [0.2, 0.25) is 5.91 Å². The van der Waals surface area contributed by atoms with E-state index >= 15 is 0 Å². The Balaban J connectivity index is 1.66. The van der Waals surface area contributed by atoms with Crippen molar-refractivity contribution in [2.45, 2.75) is 31.6 Å². The van der Waals surface area contributed by atoms with Gasteiger partial charge in [0.05, 0.1) is 28.4 Å². The Bertz CT molecular complexity index is 1370. The number of nitrogens with zero attached hydrogens (tertiary/aromatic N) is 2. The van der Waals surface area contributed by atoms with Crippen LogP contribution in [0.1, 0.15) is 35.7 Å². The van der Waals surface area contributed by atoms with Crippen molar-refractivity contribution in [3.8, 4) is 5.75 Å². The number of hydrogen-bond acceptors (Lipinski definition) is 5. The third kappa shape index (κ3) is 5.94. The first-order valence-corrected chi connectivity index (χ1v) is 13.7. The van der Waals surface area contributed by atoms with E-state index < -0.39 is 22.5 Å². The molecule has 4 rings (SSSR count). The molecule has 194 valence electrons. The summed E-state index contributed by atoms with van der Waals surface area (Å²) in [6.07, 6.45) is 1.90. The van der Waals surface area contributed by atoms with Gasteiger partial charge >= 0.3 is 0 Å². The number of para-hydroxylation sites is 3. The molecule has 0 bridgehead atoms. The van der Waals surface area contributed by atoms with Gasteiger partial charge in [0.15, 0.2) is 0 Å². The van der Waals surface area contributed by atoms with Crippen LogP contribution in [0.5, 0.6) is 5.75 Å². The van der Waals surface area contributed by atoms with Crippen molar-refractivity contribution >= 4 is 33.2 Å². The predicted molar refractivity (Wildman–Crippen MR) is 144 cm³/mol. The molecule has 3 aromatic rings. The van der Waals surface area contributed by atoms with E-state index in [1.54, 1.807) is 72.5 Å². The number of aryl methyl sites for hydroxylation is 1. The minimum Gasteiger partial charge on any atom is -0.492 e. The summed E-state index contributed by atoms with van der Waals surface area (Å²) in [5, 5.41) is 2.77.